The fourth-order valence-corrected chi connectivity index (χ4v) is 3.23. The number of hydrogen-bond donors (Lipinski definition) is 2. The van der Waals surface area contributed by atoms with Crippen molar-refractivity contribution in [1.29, 1.82) is 0 Å². The minimum Gasteiger partial charge on any atom is -0.372 e. The number of carbonyl (C=O) groups excluding carboxylic acids is 2. The van der Waals surface area contributed by atoms with Crippen molar-refractivity contribution in [3.8, 4) is 0 Å². The SMILES string of the molecule is CC1CN(c2ccc(NC(=O)c3cccc(C(N)=O)c3)cc2F)CC(C)O1. The van der Waals surface area contributed by atoms with Crippen LogP contribution in [0.15, 0.2) is 42.5 Å². The number of anilines is 2. The molecule has 2 atom stereocenters. The lowest BCUT2D eigenvalue weighted by atomic mass is 10.1. The second-order valence-electron chi connectivity index (χ2n) is 6.73. The molecule has 1 saturated heterocycles. The Bertz CT molecular complexity index is 861. The van der Waals surface area contributed by atoms with Gasteiger partial charge in [-0.2, -0.15) is 0 Å². The van der Waals surface area contributed by atoms with E-state index in [0.717, 1.165) is 0 Å². The van der Waals surface area contributed by atoms with Crippen LogP contribution in [0.3, 0.4) is 0 Å². The molecule has 0 spiro atoms. The molecule has 142 valence electrons. The minimum absolute atomic E-state index is 0.0186. The van der Waals surface area contributed by atoms with Crippen molar-refractivity contribution >= 4 is 23.2 Å². The van der Waals surface area contributed by atoms with Crippen LogP contribution in [0.2, 0.25) is 0 Å². The van der Waals surface area contributed by atoms with Gasteiger partial charge in [0.2, 0.25) is 5.91 Å². The smallest absolute Gasteiger partial charge is 0.255 e. The van der Waals surface area contributed by atoms with Gasteiger partial charge in [0.15, 0.2) is 0 Å². The molecular formula is C20H22FN3O3. The van der Waals surface area contributed by atoms with Gasteiger partial charge in [-0.15, -0.1) is 0 Å². The summed E-state index contributed by atoms with van der Waals surface area (Å²) in [6.45, 7) is 5.12. The molecule has 1 aliphatic heterocycles. The predicted molar refractivity (Wildman–Crippen MR) is 102 cm³/mol. The standard InChI is InChI=1S/C20H22FN3O3/c1-12-10-24(11-13(2)27-12)18-7-6-16(9-17(18)21)23-20(26)15-5-3-4-14(8-15)19(22)25/h3-9,12-13H,10-11H2,1-2H3,(H2,22,25)(H,23,26). The van der Waals surface area contributed by atoms with Gasteiger partial charge in [-0.3, -0.25) is 9.59 Å². The molecule has 27 heavy (non-hydrogen) atoms. The summed E-state index contributed by atoms with van der Waals surface area (Å²) in [7, 11) is 0. The highest BCUT2D eigenvalue weighted by atomic mass is 19.1. The van der Waals surface area contributed by atoms with Gasteiger partial charge >= 0.3 is 0 Å². The molecule has 1 heterocycles. The monoisotopic (exact) mass is 371 g/mol. The van der Waals surface area contributed by atoms with Crippen LogP contribution in [-0.2, 0) is 4.74 Å². The minimum atomic E-state index is -0.617. The van der Waals surface area contributed by atoms with E-state index in [2.05, 4.69) is 5.32 Å². The normalized spacial score (nSPS) is 19.6. The molecule has 7 heteroatoms. The number of benzene rings is 2. The first-order valence-corrected chi connectivity index (χ1v) is 8.74. The number of carbonyl (C=O) groups is 2. The first kappa shape index (κ1) is 18.8. The van der Waals surface area contributed by atoms with E-state index >= 15 is 0 Å². The van der Waals surface area contributed by atoms with Crippen molar-refractivity contribution in [3.63, 3.8) is 0 Å². The summed E-state index contributed by atoms with van der Waals surface area (Å²) in [6.07, 6.45) is 0.0372. The van der Waals surface area contributed by atoms with Crippen LogP contribution < -0.4 is 16.0 Å². The molecule has 0 radical (unpaired) electrons. The Morgan fingerprint density at radius 1 is 1.11 bits per heavy atom. The predicted octanol–water partition coefficient (Wildman–Crippen LogP) is 2.79. The number of ether oxygens (including phenoxy) is 1. The van der Waals surface area contributed by atoms with Gasteiger partial charge in [0, 0.05) is 29.9 Å². The number of nitrogens with one attached hydrogen (secondary N) is 1. The number of hydrogen-bond acceptors (Lipinski definition) is 4. The van der Waals surface area contributed by atoms with Gasteiger partial charge in [0.05, 0.1) is 17.9 Å². The number of nitrogens with two attached hydrogens (primary N) is 1. The van der Waals surface area contributed by atoms with E-state index in [1.54, 1.807) is 24.3 Å². The van der Waals surface area contributed by atoms with Crippen molar-refractivity contribution in [3.05, 3.63) is 59.4 Å². The van der Waals surface area contributed by atoms with Crippen LogP contribution in [0.25, 0.3) is 0 Å². The van der Waals surface area contributed by atoms with Crippen molar-refractivity contribution in [2.24, 2.45) is 5.73 Å². The molecule has 3 rings (SSSR count). The Kier molecular flexibility index (Phi) is 5.41. The van der Waals surface area contributed by atoms with Gasteiger partial charge in [-0.05, 0) is 50.2 Å². The number of rotatable bonds is 4. The van der Waals surface area contributed by atoms with Crippen LogP contribution in [-0.4, -0.2) is 37.1 Å². The van der Waals surface area contributed by atoms with Crippen LogP contribution in [0.1, 0.15) is 34.6 Å². The van der Waals surface area contributed by atoms with E-state index in [-0.39, 0.29) is 23.3 Å². The topological polar surface area (TPSA) is 84.7 Å². The Labute approximate surface area is 157 Å². The fourth-order valence-electron chi connectivity index (χ4n) is 3.23. The van der Waals surface area contributed by atoms with Gasteiger partial charge in [-0.25, -0.2) is 4.39 Å². The molecule has 2 aromatic carbocycles. The van der Waals surface area contributed by atoms with Gasteiger partial charge in [0.25, 0.3) is 5.91 Å². The summed E-state index contributed by atoms with van der Waals surface area (Å²) < 4.78 is 20.3. The third kappa shape index (κ3) is 4.43. The number of primary amides is 1. The van der Waals surface area contributed by atoms with Crippen LogP contribution in [0.4, 0.5) is 15.8 Å². The van der Waals surface area contributed by atoms with E-state index in [1.165, 1.54) is 18.2 Å². The average Bonchev–Trinajstić information content (AvgIpc) is 2.61. The van der Waals surface area contributed by atoms with Crippen LogP contribution >= 0.6 is 0 Å². The summed E-state index contributed by atoms with van der Waals surface area (Å²) in [6, 6.07) is 10.6. The van der Waals surface area contributed by atoms with E-state index in [1.807, 2.05) is 18.7 Å². The molecule has 6 nitrogen and oxygen atoms in total. The zero-order valence-corrected chi connectivity index (χ0v) is 15.2. The van der Waals surface area contributed by atoms with Crippen molar-refractivity contribution < 1.29 is 18.7 Å². The van der Waals surface area contributed by atoms with E-state index in [9.17, 15) is 14.0 Å². The highest BCUT2D eigenvalue weighted by Gasteiger charge is 2.24. The van der Waals surface area contributed by atoms with E-state index < -0.39 is 17.6 Å². The molecule has 2 aromatic rings. The lowest BCUT2D eigenvalue weighted by molar-refractivity contribution is -0.00539. The lowest BCUT2D eigenvalue weighted by Crippen LogP contribution is -2.45. The van der Waals surface area contributed by atoms with Gasteiger partial charge in [-0.1, -0.05) is 6.07 Å². The van der Waals surface area contributed by atoms with Crippen molar-refractivity contribution in [1.82, 2.24) is 0 Å². The molecule has 1 aliphatic rings. The zero-order valence-electron chi connectivity index (χ0n) is 15.2. The molecule has 0 aliphatic carbocycles. The molecule has 0 aromatic heterocycles. The van der Waals surface area contributed by atoms with Gasteiger partial charge in [0.1, 0.15) is 5.82 Å². The highest BCUT2D eigenvalue weighted by molar-refractivity contribution is 6.06. The first-order valence-electron chi connectivity index (χ1n) is 8.74. The van der Waals surface area contributed by atoms with Crippen LogP contribution in [0, 0.1) is 5.82 Å². The largest absolute Gasteiger partial charge is 0.372 e. The molecule has 2 amide bonds. The van der Waals surface area contributed by atoms with Crippen molar-refractivity contribution in [2.75, 3.05) is 23.3 Å². The van der Waals surface area contributed by atoms with Crippen LogP contribution in [0.5, 0.6) is 0 Å². The molecule has 0 bridgehead atoms. The van der Waals surface area contributed by atoms with Crippen molar-refractivity contribution in [2.45, 2.75) is 26.1 Å². The molecule has 3 N–H and O–H groups in total. The van der Waals surface area contributed by atoms with E-state index in [4.69, 9.17) is 10.5 Å². The van der Waals surface area contributed by atoms with E-state index in [0.29, 0.717) is 24.5 Å². The maximum Gasteiger partial charge on any atom is 0.255 e. The summed E-state index contributed by atoms with van der Waals surface area (Å²) >= 11 is 0. The van der Waals surface area contributed by atoms with Gasteiger partial charge < -0.3 is 20.7 Å². The fraction of sp³-hybridized carbons (Fsp3) is 0.300. The second kappa shape index (κ2) is 7.75. The third-order valence-electron chi connectivity index (χ3n) is 4.38. The quantitative estimate of drug-likeness (QED) is 0.866. The Morgan fingerprint density at radius 3 is 2.41 bits per heavy atom. The molecular weight excluding hydrogens is 349 g/mol. The second-order valence-corrected chi connectivity index (χ2v) is 6.73. The number of nitrogens with zero attached hydrogens (tertiary/aromatic N) is 1. The lowest BCUT2D eigenvalue weighted by Gasteiger charge is -2.37. The summed E-state index contributed by atoms with van der Waals surface area (Å²) in [5.74, 6) is -1.48. The average molecular weight is 371 g/mol. The first-order chi connectivity index (χ1) is 12.8. The third-order valence-corrected chi connectivity index (χ3v) is 4.38. The molecule has 1 fully saturated rings. The summed E-state index contributed by atoms with van der Waals surface area (Å²) in [5, 5.41) is 2.64. The Hall–Kier alpha value is -2.93. The number of amides is 2. The molecule has 0 saturated carbocycles. The highest BCUT2D eigenvalue weighted by Crippen LogP contribution is 2.26. The molecule has 2 unspecified atom stereocenters. The number of morpholine rings is 1. The maximum atomic E-state index is 14.6. The summed E-state index contributed by atoms with van der Waals surface area (Å²) in [5.41, 5.74) is 6.55. The maximum absolute atomic E-state index is 14.6. The summed E-state index contributed by atoms with van der Waals surface area (Å²) in [4.78, 5) is 25.5. The Balaban J connectivity index is 1.75. The number of halogens is 1. The Morgan fingerprint density at radius 2 is 1.78 bits per heavy atom. The zero-order chi connectivity index (χ0) is 19.6.